The smallest absolute Gasteiger partial charge is 0.337 e. The van der Waals surface area contributed by atoms with Crippen molar-refractivity contribution in [2.24, 2.45) is 0 Å². The largest absolute Gasteiger partial charge is 0.478 e. The molecule has 0 saturated carbocycles. The summed E-state index contributed by atoms with van der Waals surface area (Å²) in [6.07, 6.45) is 0. The summed E-state index contributed by atoms with van der Waals surface area (Å²) in [5.74, 6) is -1.46. The minimum Gasteiger partial charge on any atom is -0.478 e. The van der Waals surface area contributed by atoms with Gasteiger partial charge in [-0.2, -0.15) is 0 Å². The van der Waals surface area contributed by atoms with Gasteiger partial charge < -0.3 is 10.4 Å². The van der Waals surface area contributed by atoms with Gasteiger partial charge in [0.2, 0.25) is 0 Å². The lowest BCUT2D eigenvalue weighted by atomic mass is 10.1. The molecule has 2 N–H and O–H groups in total. The highest BCUT2D eigenvalue weighted by atomic mass is 19.1. The van der Waals surface area contributed by atoms with E-state index in [1.165, 1.54) is 6.07 Å². The van der Waals surface area contributed by atoms with E-state index in [2.05, 4.69) is 5.32 Å². The quantitative estimate of drug-likeness (QED) is 0.879. The predicted molar refractivity (Wildman–Crippen MR) is 72.6 cm³/mol. The van der Waals surface area contributed by atoms with Gasteiger partial charge >= 0.3 is 5.97 Å². The van der Waals surface area contributed by atoms with Crippen LogP contribution in [-0.2, 0) is 0 Å². The maximum absolute atomic E-state index is 13.7. The highest BCUT2D eigenvalue weighted by molar-refractivity contribution is 5.95. The molecule has 98 valence electrons. The van der Waals surface area contributed by atoms with Crippen molar-refractivity contribution >= 4 is 17.3 Å². The molecule has 0 saturated heterocycles. The van der Waals surface area contributed by atoms with Crippen molar-refractivity contribution in [3.63, 3.8) is 0 Å². The first-order chi connectivity index (χ1) is 8.97. The van der Waals surface area contributed by atoms with Crippen molar-refractivity contribution in [3.05, 3.63) is 58.9 Å². The number of hydrogen-bond donors (Lipinski definition) is 2. The molecule has 4 heteroatoms. The maximum atomic E-state index is 13.7. The van der Waals surface area contributed by atoms with E-state index in [1.54, 1.807) is 30.3 Å². The number of rotatable bonds is 3. The van der Waals surface area contributed by atoms with Crippen LogP contribution in [0.2, 0.25) is 0 Å². The van der Waals surface area contributed by atoms with Crippen molar-refractivity contribution in [3.8, 4) is 0 Å². The van der Waals surface area contributed by atoms with Gasteiger partial charge in [-0.25, -0.2) is 9.18 Å². The predicted octanol–water partition coefficient (Wildman–Crippen LogP) is 3.88. The number of halogens is 1. The summed E-state index contributed by atoms with van der Waals surface area (Å²) in [4.78, 5) is 11.2. The second-order valence-electron chi connectivity index (χ2n) is 4.46. The van der Waals surface area contributed by atoms with E-state index in [4.69, 9.17) is 5.11 Å². The van der Waals surface area contributed by atoms with Gasteiger partial charge in [-0.3, -0.25) is 0 Å². The summed E-state index contributed by atoms with van der Waals surface area (Å²) in [5, 5.41) is 12.0. The van der Waals surface area contributed by atoms with E-state index < -0.39 is 11.8 Å². The standard InChI is InChI=1S/C15H14FNO2/c1-9-4-6-13(11(7-9)15(18)19)17-14-8-10(2)3-5-12(14)16/h3-8,17H,1-2H3,(H,18,19). The molecule has 0 atom stereocenters. The van der Waals surface area contributed by atoms with Crippen LogP contribution in [0, 0.1) is 19.7 Å². The Bertz CT molecular complexity index is 638. The number of carboxylic acids is 1. The van der Waals surface area contributed by atoms with Gasteiger partial charge in [-0.1, -0.05) is 17.7 Å². The minimum absolute atomic E-state index is 0.126. The van der Waals surface area contributed by atoms with Gasteiger partial charge in [0.15, 0.2) is 0 Å². The monoisotopic (exact) mass is 259 g/mol. The zero-order valence-electron chi connectivity index (χ0n) is 10.7. The van der Waals surface area contributed by atoms with Crippen LogP contribution in [0.1, 0.15) is 21.5 Å². The fourth-order valence-electron chi connectivity index (χ4n) is 1.82. The third kappa shape index (κ3) is 2.91. The summed E-state index contributed by atoms with van der Waals surface area (Å²) in [5.41, 5.74) is 2.51. The highest BCUT2D eigenvalue weighted by Crippen LogP contribution is 2.25. The van der Waals surface area contributed by atoms with Crippen LogP contribution in [0.3, 0.4) is 0 Å². The molecule has 0 aromatic heterocycles. The van der Waals surface area contributed by atoms with Gasteiger partial charge in [-0.05, 0) is 43.7 Å². The Morgan fingerprint density at radius 3 is 2.37 bits per heavy atom. The van der Waals surface area contributed by atoms with E-state index in [1.807, 2.05) is 13.8 Å². The summed E-state index contributed by atoms with van der Waals surface area (Å²) < 4.78 is 13.7. The molecule has 0 bridgehead atoms. The highest BCUT2D eigenvalue weighted by Gasteiger charge is 2.12. The number of nitrogens with one attached hydrogen (secondary N) is 1. The first-order valence-corrected chi connectivity index (χ1v) is 5.84. The van der Waals surface area contributed by atoms with Crippen molar-refractivity contribution in [2.45, 2.75) is 13.8 Å². The summed E-state index contributed by atoms with van der Waals surface area (Å²) in [7, 11) is 0. The molecule has 0 aliphatic heterocycles. The average Bonchev–Trinajstić information content (AvgIpc) is 2.35. The number of anilines is 2. The van der Waals surface area contributed by atoms with E-state index in [0.717, 1.165) is 11.1 Å². The SMILES string of the molecule is Cc1ccc(F)c(Nc2ccc(C)cc2C(=O)O)c1. The summed E-state index contributed by atoms with van der Waals surface area (Å²) in [6, 6.07) is 9.63. The van der Waals surface area contributed by atoms with Crippen LogP contribution in [0.4, 0.5) is 15.8 Å². The molecule has 0 unspecified atom stereocenters. The Morgan fingerprint density at radius 1 is 1.05 bits per heavy atom. The lowest BCUT2D eigenvalue weighted by molar-refractivity contribution is 0.0698. The van der Waals surface area contributed by atoms with E-state index >= 15 is 0 Å². The van der Waals surface area contributed by atoms with Crippen LogP contribution in [0.5, 0.6) is 0 Å². The van der Waals surface area contributed by atoms with Crippen molar-refractivity contribution < 1.29 is 14.3 Å². The molecule has 3 nitrogen and oxygen atoms in total. The maximum Gasteiger partial charge on any atom is 0.337 e. The minimum atomic E-state index is -1.04. The van der Waals surface area contributed by atoms with Gasteiger partial charge in [0.05, 0.1) is 16.9 Å². The van der Waals surface area contributed by atoms with E-state index in [9.17, 15) is 9.18 Å². The molecule has 2 aromatic carbocycles. The van der Waals surface area contributed by atoms with Gasteiger partial charge in [0, 0.05) is 0 Å². The molecule has 2 rings (SSSR count). The molecule has 0 heterocycles. The Morgan fingerprint density at radius 2 is 1.68 bits per heavy atom. The topological polar surface area (TPSA) is 49.3 Å². The first-order valence-electron chi connectivity index (χ1n) is 5.84. The molecule has 0 aliphatic rings. The average molecular weight is 259 g/mol. The molecule has 0 radical (unpaired) electrons. The third-order valence-electron chi connectivity index (χ3n) is 2.80. The second kappa shape index (κ2) is 5.10. The molecule has 2 aromatic rings. The van der Waals surface area contributed by atoms with Crippen LogP contribution < -0.4 is 5.32 Å². The Hall–Kier alpha value is -2.36. The first kappa shape index (κ1) is 13.1. The summed E-state index contributed by atoms with van der Waals surface area (Å²) in [6.45, 7) is 3.65. The lowest BCUT2D eigenvalue weighted by Gasteiger charge is -2.11. The molecule has 0 aliphatic carbocycles. The Kier molecular flexibility index (Phi) is 3.51. The second-order valence-corrected chi connectivity index (χ2v) is 4.46. The zero-order valence-corrected chi connectivity index (χ0v) is 10.7. The Labute approximate surface area is 110 Å². The van der Waals surface area contributed by atoms with Crippen LogP contribution in [0.15, 0.2) is 36.4 Å². The number of hydrogen-bond acceptors (Lipinski definition) is 2. The molecular weight excluding hydrogens is 245 g/mol. The van der Waals surface area contributed by atoms with Crippen molar-refractivity contribution in [2.75, 3.05) is 5.32 Å². The number of aromatic carboxylic acids is 1. The number of benzene rings is 2. The van der Waals surface area contributed by atoms with Gasteiger partial charge in [0.1, 0.15) is 5.82 Å². The van der Waals surface area contributed by atoms with Gasteiger partial charge in [0.25, 0.3) is 0 Å². The van der Waals surface area contributed by atoms with E-state index in [0.29, 0.717) is 5.69 Å². The number of carboxylic acid groups (broad SMARTS) is 1. The van der Waals surface area contributed by atoms with Crippen LogP contribution in [0.25, 0.3) is 0 Å². The Balaban J connectivity index is 2.43. The van der Waals surface area contributed by atoms with Gasteiger partial charge in [-0.15, -0.1) is 0 Å². The molecule has 0 spiro atoms. The van der Waals surface area contributed by atoms with Crippen molar-refractivity contribution in [1.82, 2.24) is 0 Å². The molecule has 0 fully saturated rings. The number of carbonyl (C=O) groups is 1. The van der Waals surface area contributed by atoms with Crippen LogP contribution in [-0.4, -0.2) is 11.1 Å². The molecule has 0 amide bonds. The third-order valence-corrected chi connectivity index (χ3v) is 2.80. The fourth-order valence-corrected chi connectivity index (χ4v) is 1.82. The normalized spacial score (nSPS) is 10.3. The zero-order chi connectivity index (χ0) is 14.0. The molecular formula is C15H14FNO2. The van der Waals surface area contributed by atoms with Crippen LogP contribution >= 0.6 is 0 Å². The molecule has 19 heavy (non-hydrogen) atoms. The van der Waals surface area contributed by atoms with E-state index in [-0.39, 0.29) is 11.3 Å². The van der Waals surface area contributed by atoms with Crippen molar-refractivity contribution in [1.29, 1.82) is 0 Å². The number of aryl methyl sites for hydroxylation is 2. The lowest BCUT2D eigenvalue weighted by Crippen LogP contribution is -2.04. The fraction of sp³-hybridized carbons (Fsp3) is 0.133. The summed E-state index contributed by atoms with van der Waals surface area (Å²) >= 11 is 0.